The molecule has 0 aliphatic heterocycles. The molecule has 8 unspecified atom stereocenters. The zero-order chi connectivity index (χ0) is 65.5. The van der Waals surface area contributed by atoms with Gasteiger partial charge in [-0.25, -0.2) is 0 Å². The Hall–Kier alpha value is -1.44. The first-order valence-corrected chi connectivity index (χ1v) is 37.0. The average molecular weight is 1220 g/mol. The van der Waals surface area contributed by atoms with Crippen molar-refractivity contribution in [1.82, 2.24) is 0 Å². The van der Waals surface area contributed by atoms with E-state index in [-0.39, 0.29) is 33.0 Å². The Morgan fingerprint density at radius 3 is 0.724 bits per heavy atom. The van der Waals surface area contributed by atoms with E-state index in [1.54, 1.807) is 0 Å². The quantitative estimate of drug-likeness (QED) is 0.107. The summed E-state index contributed by atoms with van der Waals surface area (Å²) in [7, 11) is 5.43. The van der Waals surface area contributed by atoms with Crippen molar-refractivity contribution in [2.45, 2.75) is 342 Å². The molecule has 8 saturated carbocycles. The highest BCUT2D eigenvalue weighted by Gasteiger charge is 2.57. The largest absolute Gasteiger partial charge is 0.379 e. The maximum absolute atomic E-state index is 12.3. The number of hydrogen-bond donors (Lipinski definition) is 0. The van der Waals surface area contributed by atoms with Crippen LogP contribution in [0.2, 0.25) is 0 Å². The summed E-state index contributed by atoms with van der Waals surface area (Å²) in [6.45, 7) is 49.2. The highest BCUT2D eigenvalue weighted by atomic mass is 16.5. The number of carbonyl (C=O) groups is 4. The van der Waals surface area contributed by atoms with E-state index in [1.807, 2.05) is 21.3 Å². The lowest BCUT2D eigenvalue weighted by atomic mass is 9.60. The van der Waals surface area contributed by atoms with Gasteiger partial charge >= 0.3 is 0 Å². The van der Waals surface area contributed by atoms with Crippen molar-refractivity contribution < 1.29 is 33.4 Å². The number of methoxy groups -OCH3 is 3. The van der Waals surface area contributed by atoms with Crippen LogP contribution in [0.15, 0.2) is 0 Å². The highest BCUT2D eigenvalue weighted by Crippen LogP contribution is 2.62. The second kappa shape index (κ2) is 31.2. The molecule has 0 saturated heterocycles. The lowest BCUT2D eigenvalue weighted by molar-refractivity contribution is -0.131. The van der Waals surface area contributed by atoms with Gasteiger partial charge in [0.1, 0.15) is 23.1 Å². The summed E-state index contributed by atoms with van der Waals surface area (Å²) >= 11 is 0. The van der Waals surface area contributed by atoms with E-state index in [0.29, 0.717) is 93.1 Å². The zero-order valence-electron chi connectivity index (χ0n) is 61.9. The molecule has 20 atom stereocenters. The summed E-state index contributed by atoms with van der Waals surface area (Å²) < 4.78 is 16.7. The summed E-state index contributed by atoms with van der Waals surface area (Å²) in [6, 6.07) is 0. The van der Waals surface area contributed by atoms with Gasteiger partial charge in [-0.3, -0.25) is 19.2 Å². The van der Waals surface area contributed by atoms with Gasteiger partial charge < -0.3 is 14.2 Å². The monoisotopic (exact) mass is 1220 g/mol. The number of hydrogen-bond acceptors (Lipinski definition) is 7. The molecule has 0 amide bonds. The first kappa shape index (κ1) is 76.3. The summed E-state index contributed by atoms with van der Waals surface area (Å²) in [6.07, 6.45) is 32.1. The molecule has 87 heavy (non-hydrogen) atoms. The molecule has 7 nitrogen and oxygen atoms in total. The molecule has 0 spiro atoms. The van der Waals surface area contributed by atoms with Gasteiger partial charge in [0, 0.05) is 70.7 Å². The van der Waals surface area contributed by atoms with Gasteiger partial charge in [0.15, 0.2) is 0 Å². The van der Waals surface area contributed by atoms with Gasteiger partial charge in [-0.05, 0) is 294 Å². The number of fused-ring (bicyclic) bond motifs is 4. The van der Waals surface area contributed by atoms with Crippen molar-refractivity contribution in [3.05, 3.63) is 0 Å². The van der Waals surface area contributed by atoms with Crippen molar-refractivity contribution >= 4 is 23.1 Å². The van der Waals surface area contributed by atoms with Crippen LogP contribution in [0, 0.1) is 122 Å². The first-order valence-electron chi connectivity index (χ1n) is 37.0. The minimum absolute atomic E-state index is 0.0170. The van der Waals surface area contributed by atoms with Crippen LogP contribution in [0.1, 0.15) is 325 Å². The van der Waals surface area contributed by atoms with E-state index >= 15 is 0 Å². The lowest BCUT2D eigenvalue weighted by Gasteiger charge is -2.44. The summed E-state index contributed by atoms with van der Waals surface area (Å²) in [5.41, 5.74) is 1.53. The number of ketones is 4. The molecule has 0 N–H and O–H groups in total. The molecule has 0 aromatic rings. The molecular weight excluding hydrogens is 1070 g/mol. The molecule has 8 aliphatic carbocycles. The van der Waals surface area contributed by atoms with Crippen LogP contribution < -0.4 is 0 Å². The van der Waals surface area contributed by atoms with Crippen molar-refractivity contribution in [1.29, 1.82) is 0 Å². The Morgan fingerprint density at radius 1 is 0.345 bits per heavy atom. The Balaban J connectivity index is 0.000000212. The molecule has 8 rings (SSSR count). The molecule has 0 bridgehead atoms. The third-order valence-electron chi connectivity index (χ3n) is 28.5. The fourth-order valence-corrected chi connectivity index (χ4v) is 20.7. The average Bonchev–Trinajstić information content (AvgIpc) is 1.82. The van der Waals surface area contributed by atoms with Gasteiger partial charge in [-0.2, -0.15) is 0 Å². The minimum Gasteiger partial charge on any atom is -0.379 e. The van der Waals surface area contributed by atoms with Crippen LogP contribution in [0.4, 0.5) is 0 Å². The van der Waals surface area contributed by atoms with Gasteiger partial charge in [0.2, 0.25) is 0 Å². The Morgan fingerprint density at radius 2 is 0.540 bits per heavy atom. The molecule has 8 fully saturated rings. The zero-order valence-corrected chi connectivity index (χ0v) is 61.9. The third-order valence-corrected chi connectivity index (χ3v) is 28.5. The Labute approximate surface area is 539 Å². The summed E-state index contributed by atoms with van der Waals surface area (Å²) in [5, 5.41) is 0. The van der Waals surface area contributed by atoms with Crippen molar-refractivity contribution in [2.24, 2.45) is 122 Å². The second-order valence-electron chi connectivity index (χ2n) is 36.2. The van der Waals surface area contributed by atoms with Crippen LogP contribution in [0.5, 0.6) is 0 Å². The van der Waals surface area contributed by atoms with Gasteiger partial charge in [0.05, 0.1) is 16.8 Å². The lowest BCUT2D eigenvalue weighted by Crippen LogP contribution is -2.40. The van der Waals surface area contributed by atoms with E-state index in [9.17, 15) is 19.2 Å². The van der Waals surface area contributed by atoms with Crippen LogP contribution in [-0.4, -0.2) is 61.3 Å². The topological polar surface area (TPSA) is 96.0 Å². The molecule has 0 aromatic carbocycles. The normalized spacial score (nSPS) is 35.5. The van der Waals surface area contributed by atoms with Crippen LogP contribution in [-0.2, 0) is 33.4 Å². The van der Waals surface area contributed by atoms with Crippen molar-refractivity contribution in [3.8, 4) is 0 Å². The molecule has 0 radical (unpaired) electrons. The summed E-state index contributed by atoms with van der Waals surface area (Å²) in [5.74, 6) is 12.4. The van der Waals surface area contributed by atoms with E-state index < -0.39 is 0 Å². The maximum Gasteiger partial charge on any atom is 0.136 e. The fourth-order valence-electron chi connectivity index (χ4n) is 20.7. The van der Waals surface area contributed by atoms with Gasteiger partial charge in [0.25, 0.3) is 0 Å². The summed E-state index contributed by atoms with van der Waals surface area (Å²) in [4.78, 5) is 49.2. The Kier molecular flexibility index (Phi) is 27.4. The molecule has 8 aliphatic rings. The van der Waals surface area contributed by atoms with Gasteiger partial charge in [-0.15, -0.1) is 0 Å². The standard InChI is InChI=1S/3C20H36O2.C20H36O/c3*1-14(11-13-19(3,4)22-6)15(2)16-9-10-17-18(21)8-7-12-20(16,17)5;1-14(11-13-19(3,4)5)15(2)16-9-10-17-18(21)8-7-12-20(16,17)6/h3*14-17H,7-13H2,1-6H3;14-17H,7-13H2,1-6H3/t14-,15+,16?,17?,20+;14-,15+,16?,17?,20-;14-,15-,16?,17?,20+;14-,15-,16?,17?,20-/m0101/s1. The SMILES string of the molecule is COC(C)(C)CC[C@@H](C)[C@H](C)C1CCC2C(=O)CCC[C@@]21C.COC(C)(C)CC[C@H](C)[C@@H](C)C1CCC2C(=O)CCC[C@@]21C.COC(C)(C)CC[C@H](C)[C@H](C)C1CCC2C(=O)CCC[C@@]21C.C[C@H](CCC(C)(C)C)[C@@H](C)C1CCC2C(=O)CCC[C@@]21C. The van der Waals surface area contributed by atoms with Crippen LogP contribution >= 0.6 is 0 Å². The molecular formula is C80H144O7. The Bertz CT molecular complexity index is 2000. The molecule has 0 heterocycles. The van der Waals surface area contributed by atoms with E-state index in [1.165, 1.54) is 83.5 Å². The van der Waals surface area contributed by atoms with Gasteiger partial charge in [-0.1, -0.05) is 104 Å². The van der Waals surface area contributed by atoms with Crippen molar-refractivity contribution in [3.63, 3.8) is 0 Å². The third kappa shape index (κ3) is 18.7. The highest BCUT2D eigenvalue weighted by molar-refractivity contribution is 5.84. The second-order valence-corrected chi connectivity index (χ2v) is 36.2. The predicted octanol–water partition coefficient (Wildman–Crippen LogP) is 21.6. The van der Waals surface area contributed by atoms with Crippen LogP contribution in [0.25, 0.3) is 0 Å². The number of rotatable bonds is 22. The van der Waals surface area contributed by atoms with Crippen LogP contribution in [0.3, 0.4) is 0 Å². The van der Waals surface area contributed by atoms with E-state index in [2.05, 4.69) is 145 Å². The van der Waals surface area contributed by atoms with Crippen molar-refractivity contribution in [2.75, 3.05) is 21.3 Å². The molecule has 506 valence electrons. The van der Waals surface area contributed by atoms with E-state index in [4.69, 9.17) is 14.2 Å². The molecule has 0 aromatic heterocycles. The molecule has 7 heteroatoms. The predicted molar refractivity (Wildman–Crippen MR) is 366 cm³/mol. The number of carbonyl (C=O) groups excluding carboxylic acids is 4. The fraction of sp³-hybridized carbons (Fsp3) is 0.950. The first-order chi connectivity index (χ1) is 40.3. The smallest absolute Gasteiger partial charge is 0.136 e. The maximum atomic E-state index is 12.3. The number of ether oxygens (including phenoxy) is 3. The number of Topliss-reactive ketones (excluding diaryl/α,β-unsaturated/α-hetero) is 4. The van der Waals surface area contributed by atoms with E-state index in [0.717, 1.165) is 132 Å². The minimum atomic E-state index is -0.0170.